The first-order chi connectivity index (χ1) is 15.0. The maximum Gasteiger partial charge on any atom is 0.278 e. The van der Waals surface area contributed by atoms with Crippen LogP contribution < -0.4 is 19.7 Å². The molecule has 0 saturated heterocycles. The molecular formula is C26H31N2O3+. The van der Waals surface area contributed by atoms with Gasteiger partial charge in [0.25, 0.3) is 5.91 Å². The number of carbonyl (C=O) groups excluding carboxylic acids is 1. The summed E-state index contributed by atoms with van der Waals surface area (Å²) in [6, 6.07) is 25.4. The number of likely N-dealkylation sites (N-methyl/N-ethyl adjacent to an activating group) is 1. The highest BCUT2D eigenvalue weighted by Gasteiger charge is 2.26. The minimum absolute atomic E-state index is 0.00249. The Morgan fingerprint density at radius 1 is 0.903 bits per heavy atom. The Morgan fingerprint density at radius 3 is 2.00 bits per heavy atom. The summed E-state index contributed by atoms with van der Waals surface area (Å²) in [7, 11) is 5.30. The standard InChI is InChI=1S/C26H30N2O3/c1-19(28(2)18-22-15-16-23(30-3)17-24(22)31-4)26(29)27-25(20-11-7-5-8-12-20)21-13-9-6-10-14-21/h5-17,19,25H,18H2,1-4H3,(H,27,29)/p+1/t19-/m1/s1. The number of quaternary nitrogens is 1. The molecule has 5 nitrogen and oxygen atoms in total. The predicted octanol–water partition coefficient (Wildman–Crippen LogP) is 3.01. The van der Waals surface area contributed by atoms with E-state index in [1.165, 1.54) is 0 Å². The molecule has 162 valence electrons. The summed E-state index contributed by atoms with van der Waals surface area (Å²) in [5, 5.41) is 3.25. The molecule has 2 atom stereocenters. The van der Waals surface area contributed by atoms with Gasteiger partial charge in [0.15, 0.2) is 6.04 Å². The Kier molecular flexibility index (Phi) is 7.68. The van der Waals surface area contributed by atoms with Gasteiger partial charge in [-0.25, -0.2) is 0 Å². The topological polar surface area (TPSA) is 52.0 Å². The molecule has 3 rings (SSSR count). The van der Waals surface area contributed by atoms with E-state index in [1.54, 1.807) is 14.2 Å². The van der Waals surface area contributed by atoms with Gasteiger partial charge in [-0.1, -0.05) is 60.7 Å². The van der Waals surface area contributed by atoms with E-state index in [-0.39, 0.29) is 18.0 Å². The van der Waals surface area contributed by atoms with Crippen molar-refractivity contribution in [3.05, 3.63) is 95.6 Å². The van der Waals surface area contributed by atoms with Crippen molar-refractivity contribution in [2.75, 3.05) is 21.3 Å². The number of benzene rings is 3. The van der Waals surface area contributed by atoms with Crippen molar-refractivity contribution in [2.24, 2.45) is 0 Å². The zero-order valence-corrected chi connectivity index (χ0v) is 18.6. The number of nitrogens with one attached hydrogen (secondary N) is 2. The van der Waals surface area contributed by atoms with Crippen molar-refractivity contribution < 1.29 is 19.2 Å². The summed E-state index contributed by atoms with van der Waals surface area (Å²) in [5.41, 5.74) is 3.15. The molecule has 0 spiro atoms. The van der Waals surface area contributed by atoms with Crippen LogP contribution in [0, 0.1) is 0 Å². The monoisotopic (exact) mass is 419 g/mol. The lowest BCUT2D eigenvalue weighted by Gasteiger charge is -2.25. The van der Waals surface area contributed by atoms with Crippen molar-refractivity contribution in [2.45, 2.75) is 25.6 Å². The van der Waals surface area contributed by atoms with E-state index in [1.807, 2.05) is 92.8 Å². The van der Waals surface area contributed by atoms with E-state index in [4.69, 9.17) is 9.47 Å². The number of ether oxygens (including phenoxy) is 2. The van der Waals surface area contributed by atoms with Crippen molar-refractivity contribution >= 4 is 5.91 Å². The SMILES string of the molecule is COc1ccc(C[NH+](C)[C@H](C)C(=O)NC(c2ccccc2)c2ccccc2)c(OC)c1. The summed E-state index contributed by atoms with van der Waals surface area (Å²) >= 11 is 0. The fourth-order valence-electron chi connectivity index (χ4n) is 3.59. The molecule has 31 heavy (non-hydrogen) atoms. The third kappa shape index (κ3) is 5.64. The number of carbonyl (C=O) groups is 1. The molecule has 0 aliphatic heterocycles. The molecule has 5 heteroatoms. The van der Waals surface area contributed by atoms with Crippen molar-refractivity contribution in [1.29, 1.82) is 0 Å². The molecule has 0 aliphatic rings. The van der Waals surface area contributed by atoms with E-state index in [0.717, 1.165) is 33.1 Å². The summed E-state index contributed by atoms with van der Waals surface area (Å²) in [4.78, 5) is 14.3. The predicted molar refractivity (Wildman–Crippen MR) is 122 cm³/mol. The van der Waals surface area contributed by atoms with Gasteiger partial charge < -0.3 is 19.7 Å². The summed E-state index contributed by atoms with van der Waals surface area (Å²) in [6.07, 6.45) is 0. The zero-order chi connectivity index (χ0) is 22.2. The number of hydrogen-bond acceptors (Lipinski definition) is 3. The van der Waals surface area contributed by atoms with Gasteiger partial charge in [-0.05, 0) is 30.2 Å². The minimum atomic E-state index is -0.248. The molecule has 0 aromatic heterocycles. The van der Waals surface area contributed by atoms with Gasteiger partial charge in [0.1, 0.15) is 18.0 Å². The Bertz CT molecular complexity index is 937. The van der Waals surface area contributed by atoms with Crippen LogP contribution in [0.25, 0.3) is 0 Å². The summed E-state index contributed by atoms with van der Waals surface area (Å²) in [6.45, 7) is 2.61. The number of rotatable bonds is 9. The molecule has 3 aromatic carbocycles. The summed E-state index contributed by atoms with van der Waals surface area (Å²) in [5.74, 6) is 1.51. The van der Waals surface area contributed by atoms with Crippen LogP contribution in [0.3, 0.4) is 0 Å². The van der Waals surface area contributed by atoms with E-state index in [9.17, 15) is 4.79 Å². The second-order valence-corrected chi connectivity index (χ2v) is 7.69. The van der Waals surface area contributed by atoms with Crippen LogP contribution in [0.1, 0.15) is 29.7 Å². The minimum Gasteiger partial charge on any atom is -0.497 e. The Morgan fingerprint density at radius 2 is 1.48 bits per heavy atom. The second-order valence-electron chi connectivity index (χ2n) is 7.69. The smallest absolute Gasteiger partial charge is 0.278 e. The first-order valence-electron chi connectivity index (χ1n) is 10.5. The van der Waals surface area contributed by atoms with Crippen LogP contribution in [-0.2, 0) is 11.3 Å². The molecule has 0 fully saturated rings. The van der Waals surface area contributed by atoms with Crippen LogP contribution in [0.2, 0.25) is 0 Å². The van der Waals surface area contributed by atoms with E-state index in [2.05, 4.69) is 5.32 Å². The molecule has 0 radical (unpaired) electrons. The van der Waals surface area contributed by atoms with Crippen molar-refractivity contribution in [3.63, 3.8) is 0 Å². The molecule has 2 N–H and O–H groups in total. The van der Waals surface area contributed by atoms with Gasteiger partial charge >= 0.3 is 0 Å². The quantitative estimate of drug-likeness (QED) is 0.561. The van der Waals surface area contributed by atoms with Gasteiger partial charge in [-0.2, -0.15) is 0 Å². The van der Waals surface area contributed by atoms with Gasteiger partial charge in [0, 0.05) is 11.6 Å². The van der Waals surface area contributed by atoms with Crippen LogP contribution in [0.15, 0.2) is 78.9 Å². The van der Waals surface area contributed by atoms with E-state index >= 15 is 0 Å². The van der Waals surface area contributed by atoms with Crippen LogP contribution in [0.5, 0.6) is 11.5 Å². The van der Waals surface area contributed by atoms with Gasteiger partial charge in [-0.15, -0.1) is 0 Å². The molecule has 1 amide bonds. The van der Waals surface area contributed by atoms with Gasteiger partial charge in [-0.3, -0.25) is 4.79 Å². The third-order valence-corrected chi connectivity index (χ3v) is 5.65. The normalized spacial score (nSPS) is 12.8. The summed E-state index contributed by atoms with van der Waals surface area (Å²) < 4.78 is 10.8. The maximum absolute atomic E-state index is 13.2. The molecule has 0 saturated carbocycles. The average molecular weight is 420 g/mol. The number of hydrogen-bond donors (Lipinski definition) is 2. The molecule has 0 bridgehead atoms. The molecule has 1 unspecified atom stereocenters. The Hall–Kier alpha value is -3.31. The van der Waals surface area contributed by atoms with Crippen LogP contribution >= 0.6 is 0 Å². The van der Waals surface area contributed by atoms with Gasteiger partial charge in [0.05, 0.1) is 27.3 Å². The lowest BCUT2D eigenvalue weighted by molar-refractivity contribution is -0.908. The first-order valence-corrected chi connectivity index (χ1v) is 10.5. The Labute approximate surface area is 184 Å². The molecule has 0 aliphatic carbocycles. The zero-order valence-electron chi connectivity index (χ0n) is 18.6. The lowest BCUT2D eigenvalue weighted by Crippen LogP contribution is -3.12. The van der Waals surface area contributed by atoms with E-state index in [0.29, 0.717) is 6.54 Å². The number of amides is 1. The largest absolute Gasteiger partial charge is 0.497 e. The highest BCUT2D eigenvalue weighted by atomic mass is 16.5. The van der Waals surface area contributed by atoms with Crippen LogP contribution in [-0.4, -0.2) is 33.2 Å². The third-order valence-electron chi connectivity index (χ3n) is 5.65. The average Bonchev–Trinajstić information content (AvgIpc) is 2.83. The number of methoxy groups -OCH3 is 2. The molecule has 3 aromatic rings. The highest BCUT2D eigenvalue weighted by Crippen LogP contribution is 2.24. The maximum atomic E-state index is 13.2. The second kappa shape index (κ2) is 10.6. The molecular weight excluding hydrogens is 388 g/mol. The van der Waals surface area contributed by atoms with E-state index < -0.39 is 0 Å². The van der Waals surface area contributed by atoms with Gasteiger partial charge in [0.2, 0.25) is 0 Å². The highest BCUT2D eigenvalue weighted by molar-refractivity contribution is 5.80. The molecule has 0 heterocycles. The van der Waals surface area contributed by atoms with Crippen molar-refractivity contribution in [1.82, 2.24) is 5.32 Å². The fraction of sp³-hybridized carbons (Fsp3) is 0.269. The fourth-order valence-corrected chi connectivity index (χ4v) is 3.59. The van der Waals surface area contributed by atoms with Crippen molar-refractivity contribution in [3.8, 4) is 11.5 Å². The Balaban J connectivity index is 1.75. The van der Waals surface area contributed by atoms with Crippen LogP contribution in [0.4, 0.5) is 0 Å². The lowest BCUT2D eigenvalue weighted by atomic mass is 9.98. The first kappa shape index (κ1) is 22.4.